The van der Waals surface area contributed by atoms with Crippen LogP contribution in [0.1, 0.15) is 38.6 Å². The van der Waals surface area contributed by atoms with Gasteiger partial charge in [-0.3, -0.25) is 0 Å². The molecule has 1 unspecified atom stereocenters. The van der Waals surface area contributed by atoms with Crippen molar-refractivity contribution in [3.05, 3.63) is 50.2 Å². The molecule has 1 aromatic heterocycles. The summed E-state index contributed by atoms with van der Waals surface area (Å²) >= 11 is 11.9. The van der Waals surface area contributed by atoms with E-state index in [2.05, 4.69) is 22.0 Å². The van der Waals surface area contributed by atoms with Gasteiger partial charge < -0.3 is 4.74 Å². The zero-order valence-electron chi connectivity index (χ0n) is 11.3. The molecule has 1 heterocycles. The molecule has 0 bridgehead atoms. The summed E-state index contributed by atoms with van der Waals surface area (Å²) in [5, 5.41) is 0.742. The van der Waals surface area contributed by atoms with Crippen LogP contribution in [-0.4, -0.2) is 7.11 Å². The van der Waals surface area contributed by atoms with Gasteiger partial charge in [0, 0.05) is 20.3 Å². The summed E-state index contributed by atoms with van der Waals surface area (Å²) < 4.78 is 5.46. The molecule has 1 aliphatic rings. The maximum Gasteiger partial charge on any atom is 0.123 e. The van der Waals surface area contributed by atoms with Crippen molar-refractivity contribution in [1.29, 1.82) is 0 Å². The molecule has 1 aromatic carbocycles. The van der Waals surface area contributed by atoms with Crippen molar-refractivity contribution in [2.75, 3.05) is 7.11 Å². The van der Waals surface area contributed by atoms with E-state index in [1.165, 1.54) is 36.1 Å². The SMILES string of the molecule is COc1ccc(Cl)cc1C(Br)c1cc2c(s1)CCCC2. The Hall–Kier alpha value is -0.510. The van der Waals surface area contributed by atoms with Gasteiger partial charge in [0.25, 0.3) is 0 Å². The molecule has 1 atom stereocenters. The summed E-state index contributed by atoms with van der Waals surface area (Å²) in [6.45, 7) is 0. The molecule has 0 saturated carbocycles. The monoisotopic (exact) mass is 370 g/mol. The number of aryl methyl sites for hydroxylation is 2. The molecule has 2 aromatic rings. The Kier molecular flexibility index (Phi) is 4.39. The van der Waals surface area contributed by atoms with Crippen molar-refractivity contribution >= 4 is 38.9 Å². The van der Waals surface area contributed by atoms with Gasteiger partial charge in [-0.1, -0.05) is 27.5 Å². The van der Waals surface area contributed by atoms with E-state index in [4.69, 9.17) is 16.3 Å². The molecular formula is C16H16BrClOS. The largest absolute Gasteiger partial charge is 0.496 e. The first-order valence-electron chi connectivity index (χ1n) is 6.78. The fourth-order valence-corrected chi connectivity index (χ4v) is 4.90. The predicted octanol–water partition coefficient (Wildman–Crippen LogP) is 5.77. The molecule has 1 nitrogen and oxygen atoms in total. The highest BCUT2D eigenvalue weighted by Crippen LogP contribution is 2.43. The molecule has 0 radical (unpaired) electrons. The Morgan fingerprint density at radius 1 is 1.25 bits per heavy atom. The van der Waals surface area contributed by atoms with Gasteiger partial charge in [-0.2, -0.15) is 0 Å². The number of rotatable bonds is 3. The van der Waals surface area contributed by atoms with E-state index in [0.29, 0.717) is 0 Å². The number of ether oxygens (including phenoxy) is 1. The molecule has 4 heteroatoms. The minimum Gasteiger partial charge on any atom is -0.496 e. The lowest BCUT2D eigenvalue weighted by molar-refractivity contribution is 0.410. The molecule has 1 aliphatic carbocycles. The Labute approximate surface area is 137 Å². The van der Waals surface area contributed by atoms with Gasteiger partial charge in [0.2, 0.25) is 0 Å². The zero-order chi connectivity index (χ0) is 14.1. The number of hydrogen-bond donors (Lipinski definition) is 0. The number of methoxy groups -OCH3 is 1. The summed E-state index contributed by atoms with van der Waals surface area (Å²) in [6.07, 6.45) is 5.08. The summed E-state index contributed by atoms with van der Waals surface area (Å²) in [5.41, 5.74) is 2.63. The van der Waals surface area contributed by atoms with Crippen molar-refractivity contribution in [2.45, 2.75) is 30.5 Å². The third-order valence-corrected chi connectivity index (χ3v) is 6.56. The van der Waals surface area contributed by atoms with E-state index in [-0.39, 0.29) is 4.83 Å². The second kappa shape index (κ2) is 6.08. The van der Waals surface area contributed by atoms with Crippen LogP contribution < -0.4 is 4.74 Å². The molecule has 0 spiro atoms. The van der Waals surface area contributed by atoms with Gasteiger partial charge in [0.1, 0.15) is 5.75 Å². The highest BCUT2D eigenvalue weighted by atomic mass is 79.9. The lowest BCUT2D eigenvalue weighted by atomic mass is 9.98. The minimum atomic E-state index is 0.145. The molecular weight excluding hydrogens is 356 g/mol. The quantitative estimate of drug-likeness (QED) is 0.622. The molecule has 0 fully saturated rings. The molecule has 0 N–H and O–H groups in total. The normalized spacial score (nSPS) is 15.8. The smallest absolute Gasteiger partial charge is 0.123 e. The number of hydrogen-bond acceptors (Lipinski definition) is 2. The highest BCUT2D eigenvalue weighted by molar-refractivity contribution is 9.09. The van der Waals surface area contributed by atoms with Gasteiger partial charge in [-0.15, -0.1) is 11.3 Å². The van der Waals surface area contributed by atoms with Gasteiger partial charge in [0.05, 0.1) is 11.9 Å². The van der Waals surface area contributed by atoms with Crippen LogP contribution in [0.15, 0.2) is 24.3 Å². The Morgan fingerprint density at radius 3 is 2.80 bits per heavy atom. The van der Waals surface area contributed by atoms with Crippen molar-refractivity contribution < 1.29 is 4.74 Å². The topological polar surface area (TPSA) is 9.23 Å². The average molecular weight is 372 g/mol. The zero-order valence-corrected chi connectivity index (χ0v) is 14.4. The number of thiophene rings is 1. The third kappa shape index (κ3) is 2.76. The molecule has 3 rings (SSSR count). The van der Waals surface area contributed by atoms with Gasteiger partial charge in [-0.05, 0) is 55.5 Å². The second-order valence-electron chi connectivity index (χ2n) is 5.05. The van der Waals surface area contributed by atoms with Gasteiger partial charge >= 0.3 is 0 Å². The number of alkyl halides is 1. The number of fused-ring (bicyclic) bond motifs is 1. The van der Waals surface area contributed by atoms with E-state index in [9.17, 15) is 0 Å². The first-order valence-corrected chi connectivity index (χ1v) is 8.89. The summed E-state index contributed by atoms with van der Waals surface area (Å²) in [4.78, 5) is 3.04. The van der Waals surface area contributed by atoms with Gasteiger partial charge in [-0.25, -0.2) is 0 Å². The fourth-order valence-electron chi connectivity index (χ4n) is 2.70. The molecule has 0 aliphatic heterocycles. The van der Waals surface area contributed by atoms with Crippen molar-refractivity contribution in [3.8, 4) is 5.75 Å². The Bertz CT molecular complexity index is 599. The van der Waals surface area contributed by atoms with Crippen molar-refractivity contribution in [2.24, 2.45) is 0 Å². The van der Waals surface area contributed by atoms with Crippen LogP contribution in [0.4, 0.5) is 0 Å². The first kappa shape index (κ1) is 14.4. The van der Waals surface area contributed by atoms with Crippen LogP contribution >= 0.6 is 38.9 Å². The maximum absolute atomic E-state index is 6.13. The first-order chi connectivity index (χ1) is 9.69. The van der Waals surface area contributed by atoms with Crippen LogP contribution in [0, 0.1) is 0 Å². The Morgan fingerprint density at radius 2 is 2.05 bits per heavy atom. The van der Waals surface area contributed by atoms with E-state index in [1.807, 2.05) is 29.5 Å². The van der Waals surface area contributed by atoms with E-state index in [1.54, 1.807) is 12.0 Å². The van der Waals surface area contributed by atoms with Crippen molar-refractivity contribution in [3.63, 3.8) is 0 Å². The molecule has 0 amide bonds. The van der Waals surface area contributed by atoms with Gasteiger partial charge in [0.15, 0.2) is 0 Å². The van der Waals surface area contributed by atoms with E-state index in [0.717, 1.165) is 16.3 Å². The number of halogens is 2. The summed E-state index contributed by atoms with van der Waals surface area (Å²) in [6, 6.07) is 8.12. The van der Waals surface area contributed by atoms with E-state index >= 15 is 0 Å². The maximum atomic E-state index is 6.13. The van der Waals surface area contributed by atoms with Crippen LogP contribution in [0.25, 0.3) is 0 Å². The fraction of sp³-hybridized carbons (Fsp3) is 0.375. The predicted molar refractivity (Wildman–Crippen MR) is 89.7 cm³/mol. The van der Waals surface area contributed by atoms with Crippen molar-refractivity contribution in [1.82, 2.24) is 0 Å². The second-order valence-corrected chi connectivity index (χ2v) is 7.57. The third-order valence-electron chi connectivity index (χ3n) is 3.73. The molecule has 106 valence electrons. The summed E-state index contributed by atoms with van der Waals surface area (Å²) in [5.74, 6) is 0.877. The van der Waals surface area contributed by atoms with E-state index < -0.39 is 0 Å². The summed E-state index contributed by atoms with van der Waals surface area (Å²) in [7, 11) is 1.70. The van der Waals surface area contributed by atoms with Crippen LogP contribution in [0.3, 0.4) is 0 Å². The number of benzene rings is 1. The highest BCUT2D eigenvalue weighted by Gasteiger charge is 2.21. The standard InChI is InChI=1S/C16H16BrClOS/c1-19-13-7-6-11(18)9-12(13)16(17)15-8-10-4-2-3-5-14(10)20-15/h6-9,16H,2-5H2,1H3. The Balaban J connectivity index is 1.97. The molecule has 0 saturated heterocycles. The lowest BCUT2D eigenvalue weighted by Crippen LogP contribution is -1.97. The van der Waals surface area contributed by atoms with Crippen LogP contribution in [0.2, 0.25) is 5.02 Å². The lowest BCUT2D eigenvalue weighted by Gasteiger charge is -2.13. The minimum absolute atomic E-state index is 0.145. The average Bonchev–Trinajstić information content (AvgIpc) is 2.90. The molecule has 20 heavy (non-hydrogen) atoms. The van der Waals surface area contributed by atoms with Crippen LogP contribution in [0.5, 0.6) is 5.75 Å². The van der Waals surface area contributed by atoms with Crippen LogP contribution in [-0.2, 0) is 12.8 Å².